The molecular formula is C13H24N2O3. The number of carbonyl (C=O) groups is 2. The molecule has 5 nitrogen and oxygen atoms in total. The van der Waals surface area contributed by atoms with Crippen molar-refractivity contribution in [1.29, 1.82) is 0 Å². The van der Waals surface area contributed by atoms with Gasteiger partial charge in [-0.25, -0.2) is 4.79 Å². The number of ether oxygens (including phenoxy) is 1. The Kier molecular flexibility index (Phi) is 5.59. The van der Waals surface area contributed by atoms with Crippen LogP contribution in [0.4, 0.5) is 0 Å². The molecule has 1 fully saturated rings. The summed E-state index contributed by atoms with van der Waals surface area (Å²) < 4.78 is 4.70. The molecule has 1 aliphatic carbocycles. The van der Waals surface area contributed by atoms with Crippen molar-refractivity contribution >= 4 is 11.9 Å². The number of rotatable bonds is 4. The zero-order valence-electron chi connectivity index (χ0n) is 11.4. The second-order valence-electron chi connectivity index (χ2n) is 5.38. The van der Waals surface area contributed by atoms with Gasteiger partial charge in [0.05, 0.1) is 7.11 Å². The first-order chi connectivity index (χ1) is 8.45. The van der Waals surface area contributed by atoms with E-state index in [-0.39, 0.29) is 23.8 Å². The minimum Gasteiger partial charge on any atom is -0.467 e. The molecule has 18 heavy (non-hydrogen) atoms. The predicted octanol–water partition coefficient (Wildman–Crippen LogP) is 0.818. The highest BCUT2D eigenvalue weighted by atomic mass is 16.5. The standard InChI is InChI=1S/C13H24N2O3/c1-8(2)11(13(17)18-3)15-12(16)9-5-4-6-10(14)7-9/h8-11H,4-7,14H2,1-3H3,(H,15,16). The molecule has 0 saturated heterocycles. The maximum absolute atomic E-state index is 12.1. The average Bonchev–Trinajstić information content (AvgIpc) is 2.34. The Morgan fingerprint density at radius 1 is 1.33 bits per heavy atom. The van der Waals surface area contributed by atoms with Crippen molar-refractivity contribution in [2.45, 2.75) is 51.6 Å². The molecule has 1 amide bonds. The normalized spacial score (nSPS) is 25.6. The van der Waals surface area contributed by atoms with Crippen LogP contribution >= 0.6 is 0 Å². The van der Waals surface area contributed by atoms with Crippen molar-refractivity contribution in [3.8, 4) is 0 Å². The first-order valence-corrected chi connectivity index (χ1v) is 6.59. The van der Waals surface area contributed by atoms with E-state index in [1.54, 1.807) is 0 Å². The lowest BCUT2D eigenvalue weighted by molar-refractivity contribution is -0.147. The molecule has 0 aromatic rings. The number of methoxy groups -OCH3 is 1. The van der Waals surface area contributed by atoms with Gasteiger partial charge >= 0.3 is 5.97 Å². The SMILES string of the molecule is COC(=O)C(NC(=O)C1CCCC(N)C1)C(C)C. The highest BCUT2D eigenvalue weighted by Gasteiger charge is 2.30. The van der Waals surface area contributed by atoms with Gasteiger partial charge in [0, 0.05) is 12.0 Å². The van der Waals surface area contributed by atoms with Gasteiger partial charge in [-0.1, -0.05) is 20.3 Å². The number of nitrogens with two attached hydrogens (primary N) is 1. The van der Waals surface area contributed by atoms with Crippen molar-refractivity contribution in [1.82, 2.24) is 5.32 Å². The summed E-state index contributed by atoms with van der Waals surface area (Å²) in [6.07, 6.45) is 3.52. The lowest BCUT2D eigenvalue weighted by Crippen LogP contribution is -2.48. The Hall–Kier alpha value is -1.10. The third-order valence-electron chi connectivity index (χ3n) is 3.51. The van der Waals surface area contributed by atoms with Crippen LogP contribution in [-0.2, 0) is 14.3 Å². The average molecular weight is 256 g/mol. The van der Waals surface area contributed by atoms with Gasteiger partial charge in [0.15, 0.2) is 0 Å². The summed E-state index contributed by atoms with van der Waals surface area (Å²) in [4.78, 5) is 23.7. The molecule has 5 heteroatoms. The largest absolute Gasteiger partial charge is 0.467 e. The smallest absolute Gasteiger partial charge is 0.328 e. The molecule has 0 bridgehead atoms. The first kappa shape index (κ1) is 15.0. The zero-order valence-corrected chi connectivity index (χ0v) is 11.4. The highest BCUT2D eigenvalue weighted by molar-refractivity contribution is 5.85. The van der Waals surface area contributed by atoms with E-state index in [0.717, 1.165) is 19.3 Å². The fraction of sp³-hybridized carbons (Fsp3) is 0.846. The van der Waals surface area contributed by atoms with E-state index in [0.29, 0.717) is 6.42 Å². The fourth-order valence-corrected chi connectivity index (χ4v) is 2.36. The van der Waals surface area contributed by atoms with Gasteiger partial charge in [0.25, 0.3) is 0 Å². The Morgan fingerprint density at radius 2 is 2.00 bits per heavy atom. The van der Waals surface area contributed by atoms with Crippen LogP contribution in [0.3, 0.4) is 0 Å². The van der Waals surface area contributed by atoms with Crippen LogP contribution in [0, 0.1) is 11.8 Å². The lowest BCUT2D eigenvalue weighted by atomic mass is 9.85. The van der Waals surface area contributed by atoms with Gasteiger partial charge in [-0.05, 0) is 25.2 Å². The van der Waals surface area contributed by atoms with Gasteiger partial charge < -0.3 is 15.8 Å². The molecule has 104 valence electrons. The zero-order chi connectivity index (χ0) is 13.7. The molecular weight excluding hydrogens is 232 g/mol. The van der Waals surface area contributed by atoms with E-state index in [1.807, 2.05) is 13.8 Å². The first-order valence-electron chi connectivity index (χ1n) is 6.59. The van der Waals surface area contributed by atoms with E-state index in [9.17, 15) is 9.59 Å². The molecule has 1 rings (SSSR count). The van der Waals surface area contributed by atoms with Crippen LogP contribution in [0.25, 0.3) is 0 Å². The van der Waals surface area contributed by atoms with Crippen LogP contribution in [0.1, 0.15) is 39.5 Å². The van der Waals surface area contributed by atoms with E-state index < -0.39 is 12.0 Å². The van der Waals surface area contributed by atoms with Crippen LogP contribution in [0.2, 0.25) is 0 Å². The van der Waals surface area contributed by atoms with E-state index in [4.69, 9.17) is 10.5 Å². The molecule has 0 radical (unpaired) electrons. The Morgan fingerprint density at radius 3 is 2.50 bits per heavy atom. The summed E-state index contributed by atoms with van der Waals surface area (Å²) in [5.74, 6) is -0.522. The summed E-state index contributed by atoms with van der Waals surface area (Å²) in [5, 5.41) is 2.79. The molecule has 3 atom stereocenters. The van der Waals surface area contributed by atoms with Crippen LogP contribution in [0.5, 0.6) is 0 Å². The molecule has 1 saturated carbocycles. The predicted molar refractivity (Wildman–Crippen MR) is 68.7 cm³/mol. The number of hydrogen-bond donors (Lipinski definition) is 2. The number of hydrogen-bond acceptors (Lipinski definition) is 4. The number of amides is 1. The maximum Gasteiger partial charge on any atom is 0.328 e. The summed E-state index contributed by atoms with van der Waals surface area (Å²) in [7, 11) is 1.33. The molecule has 0 aromatic heterocycles. The van der Waals surface area contributed by atoms with Gasteiger partial charge in [-0.15, -0.1) is 0 Å². The van der Waals surface area contributed by atoms with E-state index >= 15 is 0 Å². The summed E-state index contributed by atoms with van der Waals surface area (Å²) in [6.45, 7) is 3.77. The third kappa shape index (κ3) is 3.98. The maximum atomic E-state index is 12.1. The molecule has 0 heterocycles. The summed E-state index contributed by atoms with van der Waals surface area (Å²) in [6, 6.07) is -0.467. The minimum absolute atomic E-state index is 0.0127. The minimum atomic E-state index is -0.569. The lowest BCUT2D eigenvalue weighted by Gasteiger charge is -2.28. The quantitative estimate of drug-likeness (QED) is 0.730. The Labute approximate surface area is 108 Å². The Balaban J connectivity index is 2.58. The van der Waals surface area contributed by atoms with Crippen molar-refractivity contribution in [2.24, 2.45) is 17.6 Å². The van der Waals surface area contributed by atoms with E-state index in [2.05, 4.69) is 5.32 Å². The van der Waals surface area contributed by atoms with Gasteiger partial charge in [-0.3, -0.25) is 4.79 Å². The summed E-state index contributed by atoms with van der Waals surface area (Å²) >= 11 is 0. The van der Waals surface area contributed by atoms with Gasteiger partial charge in [-0.2, -0.15) is 0 Å². The van der Waals surface area contributed by atoms with Gasteiger partial charge in [0.1, 0.15) is 6.04 Å². The van der Waals surface area contributed by atoms with Crippen LogP contribution in [0.15, 0.2) is 0 Å². The van der Waals surface area contributed by atoms with Crippen molar-refractivity contribution in [3.05, 3.63) is 0 Å². The van der Waals surface area contributed by atoms with Crippen LogP contribution < -0.4 is 11.1 Å². The number of esters is 1. The van der Waals surface area contributed by atoms with Crippen LogP contribution in [-0.4, -0.2) is 31.1 Å². The second kappa shape index (κ2) is 6.73. The monoisotopic (exact) mass is 256 g/mol. The Bertz CT molecular complexity index is 305. The molecule has 1 aliphatic rings. The van der Waals surface area contributed by atoms with Crippen molar-refractivity contribution in [3.63, 3.8) is 0 Å². The second-order valence-corrected chi connectivity index (χ2v) is 5.38. The topological polar surface area (TPSA) is 81.4 Å². The number of carbonyl (C=O) groups excluding carboxylic acids is 2. The molecule has 3 unspecified atom stereocenters. The van der Waals surface area contributed by atoms with Crippen molar-refractivity contribution < 1.29 is 14.3 Å². The van der Waals surface area contributed by atoms with Crippen molar-refractivity contribution in [2.75, 3.05) is 7.11 Å². The van der Waals surface area contributed by atoms with E-state index in [1.165, 1.54) is 7.11 Å². The molecule has 0 aromatic carbocycles. The fourth-order valence-electron chi connectivity index (χ4n) is 2.36. The highest BCUT2D eigenvalue weighted by Crippen LogP contribution is 2.23. The molecule has 0 aliphatic heterocycles. The molecule has 0 spiro atoms. The molecule has 3 N–H and O–H groups in total. The van der Waals surface area contributed by atoms with Gasteiger partial charge in [0.2, 0.25) is 5.91 Å². The summed E-state index contributed by atoms with van der Waals surface area (Å²) in [5.41, 5.74) is 5.87. The third-order valence-corrected chi connectivity index (χ3v) is 3.51. The number of nitrogens with one attached hydrogen (secondary N) is 1.